The summed E-state index contributed by atoms with van der Waals surface area (Å²) >= 11 is 1.09. The molecule has 2 rings (SSSR count). The van der Waals surface area contributed by atoms with Gasteiger partial charge in [-0.2, -0.15) is 0 Å². The first-order chi connectivity index (χ1) is 9.55. The fourth-order valence-electron chi connectivity index (χ4n) is 2.81. The van der Waals surface area contributed by atoms with Gasteiger partial charge >= 0.3 is 12.0 Å². The van der Waals surface area contributed by atoms with Gasteiger partial charge in [-0.15, -0.1) is 11.8 Å². The number of hydrogen-bond acceptors (Lipinski definition) is 5. The van der Waals surface area contributed by atoms with E-state index in [-0.39, 0.29) is 0 Å². The van der Waals surface area contributed by atoms with Crippen LogP contribution in [0.25, 0.3) is 0 Å². The molecule has 0 aromatic heterocycles. The Kier molecular flexibility index (Phi) is 4.32. The standard InChI is InChI=1S/C12H16N2O5S/c15-5-3-1-2-4-12(10(17)18)9-8(7(6-16)20-12)13-11(19)14-9/h5-9H,1-4H2,(H,17,18)(H2,13,14,19)/t7?,8-,9-,12-/m0/s1. The summed E-state index contributed by atoms with van der Waals surface area (Å²) in [5, 5.41) is 14.2. The maximum Gasteiger partial charge on any atom is 0.322 e. The van der Waals surface area contributed by atoms with Crippen molar-refractivity contribution in [3.63, 3.8) is 0 Å². The predicted octanol–water partition coefficient (Wildman–Crippen LogP) is -0.0666. The third-order valence-corrected chi connectivity index (χ3v) is 5.49. The molecule has 0 radical (unpaired) electrons. The van der Waals surface area contributed by atoms with E-state index in [9.17, 15) is 24.3 Å². The van der Waals surface area contributed by atoms with Crippen LogP contribution in [0.1, 0.15) is 25.7 Å². The molecule has 2 aliphatic heterocycles. The van der Waals surface area contributed by atoms with Crippen molar-refractivity contribution in [2.45, 2.75) is 47.8 Å². The third kappa shape index (κ3) is 2.39. The quantitative estimate of drug-likeness (QED) is 0.345. The second kappa shape index (κ2) is 5.82. The minimum Gasteiger partial charge on any atom is -0.480 e. The highest BCUT2D eigenvalue weighted by Crippen LogP contribution is 2.47. The van der Waals surface area contributed by atoms with Gasteiger partial charge in [-0.05, 0) is 12.8 Å². The Morgan fingerprint density at radius 3 is 2.70 bits per heavy atom. The number of carbonyl (C=O) groups excluding carboxylic acids is 3. The van der Waals surface area contributed by atoms with Crippen molar-refractivity contribution in [1.29, 1.82) is 0 Å². The molecular formula is C12H16N2O5S. The van der Waals surface area contributed by atoms with Crippen LogP contribution in [0, 0.1) is 0 Å². The van der Waals surface area contributed by atoms with Gasteiger partial charge in [0.15, 0.2) is 0 Å². The second-order valence-corrected chi connectivity index (χ2v) is 6.46. The molecule has 2 heterocycles. The zero-order chi connectivity index (χ0) is 14.8. The fraction of sp³-hybridized carbons (Fsp3) is 0.667. The molecule has 0 bridgehead atoms. The summed E-state index contributed by atoms with van der Waals surface area (Å²) in [6.07, 6.45) is 3.34. The molecule has 2 aliphatic rings. The average Bonchev–Trinajstić information content (AvgIpc) is 2.92. The minimum absolute atomic E-state index is 0.314. The van der Waals surface area contributed by atoms with Crippen LogP contribution in [0.15, 0.2) is 0 Å². The second-order valence-electron chi connectivity index (χ2n) is 4.95. The average molecular weight is 300 g/mol. The van der Waals surface area contributed by atoms with E-state index in [0.29, 0.717) is 32.0 Å². The lowest BCUT2D eigenvalue weighted by Crippen LogP contribution is -2.52. The molecule has 2 fully saturated rings. The van der Waals surface area contributed by atoms with Crippen LogP contribution in [0.3, 0.4) is 0 Å². The van der Waals surface area contributed by atoms with Gasteiger partial charge in [0.25, 0.3) is 0 Å². The SMILES string of the molecule is O=CCCCC[C@]1(C(=O)O)SC(C=O)[C@@H]2NC(=O)N[C@@H]21. The summed E-state index contributed by atoms with van der Waals surface area (Å²) in [5.74, 6) is -1.03. The smallest absolute Gasteiger partial charge is 0.322 e. The number of carboxylic acids is 1. The van der Waals surface area contributed by atoms with Crippen LogP contribution in [0.4, 0.5) is 4.79 Å². The Bertz CT molecular complexity index is 444. The molecule has 0 aromatic rings. The molecule has 0 aromatic carbocycles. The number of urea groups is 1. The number of aliphatic carboxylic acids is 1. The van der Waals surface area contributed by atoms with Crippen molar-refractivity contribution in [3.05, 3.63) is 0 Å². The first-order valence-electron chi connectivity index (χ1n) is 6.42. The molecule has 0 saturated carbocycles. The van der Waals surface area contributed by atoms with Crippen molar-refractivity contribution < 1.29 is 24.3 Å². The summed E-state index contributed by atoms with van der Waals surface area (Å²) < 4.78 is -1.21. The minimum atomic E-state index is -1.21. The summed E-state index contributed by atoms with van der Waals surface area (Å²) in [6.45, 7) is 0. The normalized spacial score (nSPS) is 35.0. The zero-order valence-electron chi connectivity index (χ0n) is 10.7. The highest BCUT2D eigenvalue weighted by Gasteiger charge is 2.62. The van der Waals surface area contributed by atoms with E-state index in [0.717, 1.165) is 18.0 Å². The number of carbonyl (C=O) groups is 4. The van der Waals surface area contributed by atoms with Crippen molar-refractivity contribution in [2.24, 2.45) is 0 Å². The molecule has 110 valence electrons. The number of amides is 2. The monoisotopic (exact) mass is 300 g/mol. The zero-order valence-corrected chi connectivity index (χ0v) is 11.5. The van der Waals surface area contributed by atoms with Crippen LogP contribution in [0.5, 0.6) is 0 Å². The Balaban J connectivity index is 2.18. The Hall–Kier alpha value is -1.57. The van der Waals surface area contributed by atoms with E-state index < -0.39 is 34.1 Å². The summed E-state index contributed by atoms with van der Waals surface area (Å²) in [6, 6.07) is -1.54. The van der Waals surface area contributed by atoms with E-state index in [1.54, 1.807) is 0 Å². The van der Waals surface area contributed by atoms with E-state index in [1.807, 2.05) is 0 Å². The lowest BCUT2D eigenvalue weighted by molar-refractivity contribution is -0.140. The molecule has 0 spiro atoms. The Morgan fingerprint density at radius 1 is 1.35 bits per heavy atom. The Labute approximate surface area is 119 Å². The maximum atomic E-state index is 11.7. The highest BCUT2D eigenvalue weighted by molar-refractivity contribution is 8.03. The molecule has 7 nitrogen and oxygen atoms in total. The first-order valence-corrected chi connectivity index (χ1v) is 7.30. The topological polar surface area (TPSA) is 113 Å². The highest BCUT2D eigenvalue weighted by atomic mass is 32.2. The van der Waals surface area contributed by atoms with Crippen LogP contribution in [-0.4, -0.2) is 51.8 Å². The number of thioether (sulfide) groups is 1. The molecule has 1 unspecified atom stereocenters. The van der Waals surface area contributed by atoms with Gasteiger partial charge in [0.2, 0.25) is 0 Å². The first kappa shape index (κ1) is 14.8. The van der Waals surface area contributed by atoms with Crippen LogP contribution >= 0.6 is 11.8 Å². The lowest BCUT2D eigenvalue weighted by atomic mass is 9.88. The van der Waals surface area contributed by atoms with Crippen molar-refractivity contribution >= 4 is 36.3 Å². The Morgan fingerprint density at radius 2 is 2.10 bits per heavy atom. The van der Waals surface area contributed by atoms with E-state index in [1.165, 1.54) is 0 Å². The molecular weight excluding hydrogens is 284 g/mol. The van der Waals surface area contributed by atoms with Gasteiger partial charge in [-0.1, -0.05) is 6.42 Å². The van der Waals surface area contributed by atoms with Gasteiger partial charge in [-0.3, -0.25) is 4.79 Å². The van der Waals surface area contributed by atoms with Crippen molar-refractivity contribution in [2.75, 3.05) is 0 Å². The molecule has 2 saturated heterocycles. The summed E-state index contributed by atoms with van der Waals surface area (Å²) in [7, 11) is 0. The summed E-state index contributed by atoms with van der Waals surface area (Å²) in [4.78, 5) is 44.5. The van der Waals surface area contributed by atoms with Gasteiger partial charge in [-0.25, -0.2) is 4.79 Å². The van der Waals surface area contributed by atoms with Crippen molar-refractivity contribution in [3.8, 4) is 0 Å². The predicted molar refractivity (Wildman–Crippen MR) is 71.6 cm³/mol. The lowest BCUT2D eigenvalue weighted by Gasteiger charge is -2.28. The van der Waals surface area contributed by atoms with Crippen LogP contribution < -0.4 is 10.6 Å². The number of rotatable bonds is 7. The molecule has 8 heteroatoms. The fourth-order valence-corrected chi connectivity index (χ4v) is 4.44. The number of nitrogens with one attached hydrogen (secondary N) is 2. The van der Waals surface area contributed by atoms with Crippen LogP contribution in [-0.2, 0) is 14.4 Å². The van der Waals surface area contributed by atoms with Gasteiger partial charge in [0.1, 0.15) is 17.3 Å². The molecule has 20 heavy (non-hydrogen) atoms. The van der Waals surface area contributed by atoms with E-state index >= 15 is 0 Å². The molecule has 2 amide bonds. The van der Waals surface area contributed by atoms with Crippen molar-refractivity contribution in [1.82, 2.24) is 10.6 Å². The molecule has 0 aliphatic carbocycles. The largest absolute Gasteiger partial charge is 0.480 e. The molecule has 3 N–H and O–H groups in total. The van der Waals surface area contributed by atoms with Gasteiger partial charge in [0.05, 0.1) is 17.3 Å². The number of carboxylic acid groups (broad SMARTS) is 1. The van der Waals surface area contributed by atoms with E-state index in [4.69, 9.17) is 0 Å². The van der Waals surface area contributed by atoms with Crippen LogP contribution in [0.2, 0.25) is 0 Å². The number of aldehydes is 2. The maximum absolute atomic E-state index is 11.7. The number of fused-ring (bicyclic) bond motifs is 1. The summed E-state index contributed by atoms with van der Waals surface area (Å²) in [5.41, 5.74) is 0. The third-order valence-electron chi connectivity index (χ3n) is 3.76. The van der Waals surface area contributed by atoms with Gasteiger partial charge < -0.3 is 25.3 Å². The van der Waals surface area contributed by atoms with Gasteiger partial charge in [0, 0.05) is 6.42 Å². The molecule has 4 atom stereocenters. The van der Waals surface area contributed by atoms with E-state index in [2.05, 4.69) is 10.6 Å². The number of hydrogen-bond donors (Lipinski definition) is 3. The number of unbranched alkanes of at least 4 members (excludes halogenated alkanes) is 2.